The molecule has 1 rings (SSSR count). The Morgan fingerprint density at radius 3 is 2.53 bits per heavy atom. The normalized spacial score (nSPS) is 12.8. The van der Waals surface area contributed by atoms with E-state index in [-0.39, 0.29) is 6.04 Å². The van der Waals surface area contributed by atoms with Gasteiger partial charge in [0.2, 0.25) is 0 Å². The predicted molar refractivity (Wildman–Crippen MR) is 67.2 cm³/mol. The first kappa shape index (κ1) is 12.2. The smallest absolute Gasteiger partial charge is 0.0748 e. The standard InChI is InChI=1S/C11H19N3S/c1-5-10-8(3)13-14(9(10)4)7(2)6-11(12)15/h7H,5-6H2,1-4H3,(H2,12,15). The second kappa shape index (κ2) is 4.75. The van der Waals surface area contributed by atoms with Gasteiger partial charge in [-0.3, -0.25) is 4.68 Å². The van der Waals surface area contributed by atoms with Crippen LogP contribution in [0.1, 0.15) is 43.3 Å². The van der Waals surface area contributed by atoms with Gasteiger partial charge in [-0.1, -0.05) is 19.1 Å². The van der Waals surface area contributed by atoms with Crippen molar-refractivity contribution in [2.75, 3.05) is 0 Å². The van der Waals surface area contributed by atoms with Crippen molar-refractivity contribution in [3.05, 3.63) is 17.0 Å². The first-order valence-corrected chi connectivity index (χ1v) is 5.71. The summed E-state index contributed by atoms with van der Waals surface area (Å²) >= 11 is 4.92. The lowest BCUT2D eigenvalue weighted by Crippen LogP contribution is -2.17. The van der Waals surface area contributed by atoms with Crippen molar-refractivity contribution in [2.45, 2.75) is 46.6 Å². The maximum atomic E-state index is 5.55. The fourth-order valence-electron chi connectivity index (χ4n) is 2.02. The minimum Gasteiger partial charge on any atom is -0.393 e. The van der Waals surface area contributed by atoms with Gasteiger partial charge in [0.1, 0.15) is 0 Å². The van der Waals surface area contributed by atoms with E-state index in [4.69, 9.17) is 18.0 Å². The van der Waals surface area contributed by atoms with Crippen LogP contribution in [-0.2, 0) is 6.42 Å². The lowest BCUT2D eigenvalue weighted by Gasteiger charge is -2.13. The van der Waals surface area contributed by atoms with E-state index in [2.05, 4.69) is 32.8 Å². The largest absolute Gasteiger partial charge is 0.393 e. The van der Waals surface area contributed by atoms with Crippen LogP contribution in [0.4, 0.5) is 0 Å². The highest BCUT2D eigenvalue weighted by atomic mass is 32.1. The molecule has 0 bridgehead atoms. The second-order valence-electron chi connectivity index (χ2n) is 3.97. The molecule has 15 heavy (non-hydrogen) atoms. The van der Waals surface area contributed by atoms with Crippen molar-refractivity contribution in [1.82, 2.24) is 9.78 Å². The van der Waals surface area contributed by atoms with Crippen LogP contribution >= 0.6 is 12.2 Å². The van der Waals surface area contributed by atoms with Gasteiger partial charge < -0.3 is 5.73 Å². The highest BCUT2D eigenvalue weighted by Crippen LogP contribution is 2.19. The molecule has 1 heterocycles. The van der Waals surface area contributed by atoms with Crippen LogP contribution in [0.5, 0.6) is 0 Å². The van der Waals surface area contributed by atoms with Crippen LogP contribution in [0.15, 0.2) is 0 Å². The third-order valence-electron chi connectivity index (χ3n) is 2.74. The van der Waals surface area contributed by atoms with E-state index in [9.17, 15) is 0 Å². The number of thiocarbonyl (C=S) groups is 1. The van der Waals surface area contributed by atoms with Gasteiger partial charge in [-0.2, -0.15) is 5.10 Å². The average Bonchev–Trinajstić information content (AvgIpc) is 2.40. The van der Waals surface area contributed by atoms with Crippen molar-refractivity contribution in [1.29, 1.82) is 0 Å². The molecular weight excluding hydrogens is 206 g/mol. The number of nitrogens with zero attached hydrogens (tertiary/aromatic N) is 2. The molecule has 2 N–H and O–H groups in total. The van der Waals surface area contributed by atoms with E-state index in [1.165, 1.54) is 11.3 Å². The zero-order valence-electron chi connectivity index (χ0n) is 9.87. The molecule has 1 aromatic heterocycles. The molecule has 0 saturated carbocycles. The maximum absolute atomic E-state index is 5.55. The van der Waals surface area contributed by atoms with Gasteiger partial charge in [0.05, 0.1) is 16.7 Å². The molecule has 0 amide bonds. The molecule has 0 aromatic carbocycles. The first-order chi connectivity index (χ1) is 6.97. The summed E-state index contributed by atoms with van der Waals surface area (Å²) < 4.78 is 2.04. The van der Waals surface area contributed by atoms with Gasteiger partial charge in [-0.25, -0.2) is 0 Å². The van der Waals surface area contributed by atoms with Gasteiger partial charge in [0, 0.05) is 12.1 Å². The van der Waals surface area contributed by atoms with Crippen molar-refractivity contribution in [2.24, 2.45) is 5.73 Å². The van der Waals surface area contributed by atoms with Gasteiger partial charge in [0.25, 0.3) is 0 Å². The Hall–Kier alpha value is -0.900. The quantitative estimate of drug-likeness (QED) is 0.800. The molecule has 0 aliphatic carbocycles. The summed E-state index contributed by atoms with van der Waals surface area (Å²) in [5, 5.41) is 4.54. The molecule has 1 atom stereocenters. The van der Waals surface area contributed by atoms with Crippen LogP contribution in [0.2, 0.25) is 0 Å². The topological polar surface area (TPSA) is 43.8 Å². The monoisotopic (exact) mass is 225 g/mol. The Bertz CT molecular complexity index is 368. The summed E-state index contributed by atoms with van der Waals surface area (Å²) in [4.78, 5) is 0.549. The summed E-state index contributed by atoms with van der Waals surface area (Å²) in [6, 6.07) is 0.251. The predicted octanol–water partition coefficient (Wildman–Crippen LogP) is 2.30. The van der Waals surface area contributed by atoms with Crippen molar-refractivity contribution >= 4 is 17.2 Å². The van der Waals surface area contributed by atoms with E-state index < -0.39 is 0 Å². The number of aryl methyl sites for hydroxylation is 1. The van der Waals surface area contributed by atoms with Crippen molar-refractivity contribution < 1.29 is 0 Å². The molecule has 0 radical (unpaired) electrons. The third-order valence-corrected chi connectivity index (χ3v) is 2.91. The summed E-state index contributed by atoms with van der Waals surface area (Å²) in [6.45, 7) is 8.41. The molecule has 0 saturated heterocycles. The zero-order chi connectivity index (χ0) is 11.6. The van der Waals surface area contributed by atoms with Crippen LogP contribution in [0.25, 0.3) is 0 Å². The van der Waals surface area contributed by atoms with Crippen LogP contribution in [0.3, 0.4) is 0 Å². The van der Waals surface area contributed by atoms with E-state index >= 15 is 0 Å². The molecule has 84 valence electrons. The average molecular weight is 225 g/mol. The highest BCUT2D eigenvalue weighted by Gasteiger charge is 2.14. The maximum Gasteiger partial charge on any atom is 0.0748 e. The van der Waals surface area contributed by atoms with Crippen LogP contribution < -0.4 is 5.73 Å². The Morgan fingerprint density at radius 1 is 1.53 bits per heavy atom. The van der Waals surface area contributed by atoms with Crippen LogP contribution in [0, 0.1) is 13.8 Å². The Balaban J connectivity index is 2.99. The molecule has 1 aromatic rings. The fourth-order valence-corrected chi connectivity index (χ4v) is 2.26. The van der Waals surface area contributed by atoms with E-state index in [0.717, 1.165) is 12.1 Å². The van der Waals surface area contributed by atoms with E-state index in [1.54, 1.807) is 0 Å². The number of nitrogens with two attached hydrogens (primary N) is 1. The molecule has 0 spiro atoms. The molecule has 1 unspecified atom stereocenters. The molecule has 4 heteroatoms. The summed E-state index contributed by atoms with van der Waals surface area (Å²) in [7, 11) is 0. The van der Waals surface area contributed by atoms with Gasteiger partial charge in [-0.05, 0) is 32.8 Å². The molecule has 0 aliphatic rings. The molecule has 3 nitrogen and oxygen atoms in total. The fraction of sp³-hybridized carbons (Fsp3) is 0.636. The molecular formula is C11H19N3S. The van der Waals surface area contributed by atoms with Crippen LogP contribution in [-0.4, -0.2) is 14.8 Å². The lowest BCUT2D eigenvalue weighted by molar-refractivity contribution is 0.492. The van der Waals surface area contributed by atoms with Crippen molar-refractivity contribution in [3.63, 3.8) is 0 Å². The Morgan fingerprint density at radius 2 is 2.13 bits per heavy atom. The minimum absolute atomic E-state index is 0.251. The lowest BCUT2D eigenvalue weighted by atomic mass is 10.1. The minimum atomic E-state index is 0.251. The third kappa shape index (κ3) is 2.56. The number of rotatable bonds is 4. The zero-order valence-corrected chi connectivity index (χ0v) is 10.7. The van der Waals surface area contributed by atoms with Gasteiger partial charge >= 0.3 is 0 Å². The Labute approximate surface area is 96.7 Å². The second-order valence-corrected chi connectivity index (χ2v) is 4.49. The summed E-state index contributed by atoms with van der Waals surface area (Å²) in [5.74, 6) is 0. The summed E-state index contributed by atoms with van der Waals surface area (Å²) in [5.41, 5.74) is 9.24. The SMILES string of the molecule is CCc1c(C)nn(C(C)CC(N)=S)c1C. The van der Waals surface area contributed by atoms with Crippen molar-refractivity contribution in [3.8, 4) is 0 Å². The van der Waals surface area contributed by atoms with E-state index in [1.807, 2.05) is 4.68 Å². The molecule has 0 fully saturated rings. The summed E-state index contributed by atoms with van der Waals surface area (Å²) in [6.07, 6.45) is 1.73. The number of aromatic nitrogens is 2. The Kier molecular flexibility index (Phi) is 3.85. The van der Waals surface area contributed by atoms with Gasteiger partial charge in [0.15, 0.2) is 0 Å². The number of hydrogen-bond acceptors (Lipinski definition) is 2. The first-order valence-electron chi connectivity index (χ1n) is 5.30. The highest BCUT2D eigenvalue weighted by molar-refractivity contribution is 7.80. The van der Waals surface area contributed by atoms with Gasteiger partial charge in [-0.15, -0.1) is 0 Å². The number of hydrogen-bond donors (Lipinski definition) is 1. The molecule has 0 aliphatic heterocycles. The van der Waals surface area contributed by atoms with E-state index in [0.29, 0.717) is 11.4 Å².